The largest absolute Gasteiger partial charge is 0.423 e. The van der Waals surface area contributed by atoms with Crippen LogP contribution >= 0.6 is 0 Å². The van der Waals surface area contributed by atoms with Gasteiger partial charge in [-0.15, -0.1) is 0 Å². The van der Waals surface area contributed by atoms with E-state index in [9.17, 15) is 10.1 Å². The van der Waals surface area contributed by atoms with E-state index in [2.05, 4.69) is 10.3 Å². The summed E-state index contributed by atoms with van der Waals surface area (Å²) in [6.45, 7) is 1.90. The number of benzene rings is 1. The van der Waals surface area contributed by atoms with Gasteiger partial charge in [0.1, 0.15) is 0 Å². The second-order valence-corrected chi connectivity index (χ2v) is 4.99. The van der Waals surface area contributed by atoms with Crippen LogP contribution in [0.3, 0.4) is 0 Å². The van der Waals surface area contributed by atoms with Gasteiger partial charge in [0.05, 0.1) is 4.92 Å². The van der Waals surface area contributed by atoms with Gasteiger partial charge < -0.3 is 14.6 Å². The monoisotopic (exact) mass is 276 g/mol. The number of fused-ring (bicyclic) bond motifs is 1. The highest BCUT2D eigenvalue weighted by Crippen LogP contribution is 2.29. The van der Waals surface area contributed by atoms with Gasteiger partial charge in [-0.25, -0.2) is 0 Å². The predicted molar refractivity (Wildman–Crippen MR) is 75.0 cm³/mol. The van der Waals surface area contributed by atoms with Crippen molar-refractivity contribution in [3.05, 3.63) is 28.3 Å². The number of hydrogen-bond donors (Lipinski definition) is 1. The summed E-state index contributed by atoms with van der Waals surface area (Å²) in [7, 11) is 1.91. The zero-order valence-corrected chi connectivity index (χ0v) is 11.2. The molecule has 0 amide bonds. The van der Waals surface area contributed by atoms with Crippen LogP contribution in [-0.4, -0.2) is 36.1 Å². The summed E-state index contributed by atoms with van der Waals surface area (Å²) in [6, 6.07) is 5.49. The van der Waals surface area contributed by atoms with Crippen molar-refractivity contribution >= 4 is 22.8 Å². The number of para-hydroxylation sites is 1. The molecule has 2 aromatic rings. The Bertz CT molecular complexity index is 634. The normalized spacial score (nSPS) is 19.1. The molecule has 0 aliphatic carbocycles. The summed E-state index contributed by atoms with van der Waals surface area (Å²) in [5.74, 6) is 0. The number of anilines is 1. The van der Waals surface area contributed by atoms with Crippen LogP contribution in [-0.2, 0) is 0 Å². The van der Waals surface area contributed by atoms with Gasteiger partial charge in [-0.2, -0.15) is 4.98 Å². The Morgan fingerprint density at radius 3 is 3.10 bits per heavy atom. The summed E-state index contributed by atoms with van der Waals surface area (Å²) in [5.41, 5.74) is 0.737. The molecule has 0 radical (unpaired) electrons. The molecule has 3 rings (SSSR count). The summed E-state index contributed by atoms with van der Waals surface area (Å²) < 4.78 is 5.66. The highest BCUT2D eigenvalue weighted by atomic mass is 16.6. The number of non-ortho nitro benzene ring substituents is 1. The maximum absolute atomic E-state index is 11.0. The molecule has 1 atom stereocenters. The van der Waals surface area contributed by atoms with Crippen LogP contribution in [0.4, 0.5) is 11.7 Å². The zero-order chi connectivity index (χ0) is 14.1. The lowest BCUT2D eigenvalue weighted by Crippen LogP contribution is -2.44. The maximum atomic E-state index is 11.0. The lowest BCUT2D eigenvalue weighted by Gasteiger charge is -2.30. The molecule has 2 heterocycles. The molecular weight excluding hydrogens is 260 g/mol. The van der Waals surface area contributed by atoms with Crippen LogP contribution in [0.2, 0.25) is 0 Å². The van der Waals surface area contributed by atoms with E-state index in [-0.39, 0.29) is 5.69 Å². The van der Waals surface area contributed by atoms with Gasteiger partial charge in [0.15, 0.2) is 11.1 Å². The Morgan fingerprint density at radius 1 is 1.55 bits per heavy atom. The molecule has 0 bridgehead atoms. The Morgan fingerprint density at radius 2 is 2.40 bits per heavy atom. The molecule has 0 spiro atoms. The average Bonchev–Trinajstić information content (AvgIpc) is 2.90. The molecule has 1 N–H and O–H groups in total. The fourth-order valence-corrected chi connectivity index (χ4v) is 2.54. The van der Waals surface area contributed by atoms with Gasteiger partial charge in [0, 0.05) is 25.7 Å². The summed E-state index contributed by atoms with van der Waals surface area (Å²) in [4.78, 5) is 16.8. The first kappa shape index (κ1) is 12.9. The van der Waals surface area contributed by atoms with Crippen LogP contribution in [0.5, 0.6) is 0 Å². The van der Waals surface area contributed by atoms with Crippen molar-refractivity contribution in [2.75, 3.05) is 25.0 Å². The van der Waals surface area contributed by atoms with Gasteiger partial charge in [0.2, 0.25) is 0 Å². The van der Waals surface area contributed by atoms with E-state index in [1.807, 2.05) is 11.9 Å². The van der Waals surface area contributed by atoms with Crippen molar-refractivity contribution in [3.63, 3.8) is 0 Å². The maximum Gasteiger partial charge on any atom is 0.298 e. The van der Waals surface area contributed by atoms with E-state index < -0.39 is 4.92 Å². The lowest BCUT2D eigenvalue weighted by atomic mass is 10.1. The van der Waals surface area contributed by atoms with Crippen LogP contribution in [0.1, 0.15) is 12.8 Å². The van der Waals surface area contributed by atoms with Crippen LogP contribution in [0, 0.1) is 10.1 Å². The number of nitro benzene ring substituents is 1. The van der Waals surface area contributed by atoms with Gasteiger partial charge in [-0.05, 0) is 25.5 Å². The number of hydrogen-bond acceptors (Lipinski definition) is 6. The molecule has 20 heavy (non-hydrogen) atoms. The minimum Gasteiger partial charge on any atom is -0.423 e. The standard InChI is InChI=1S/C13H16N4O3/c1-16(9-4-3-7-14-8-9)13-15-12-10(17(18)19)5-2-6-11(12)20-13/h2,5-6,9,14H,3-4,7-8H2,1H3. The SMILES string of the molecule is CN(c1nc2c([N+](=O)[O-])cccc2o1)C1CCCNC1. The Labute approximate surface area is 115 Å². The number of nitro groups is 1. The Hall–Kier alpha value is -2.15. The summed E-state index contributed by atoms with van der Waals surface area (Å²) in [6.07, 6.45) is 2.17. The first-order chi connectivity index (χ1) is 9.66. The molecule has 1 unspecified atom stereocenters. The molecule has 1 aromatic carbocycles. The smallest absolute Gasteiger partial charge is 0.298 e. The number of nitrogens with zero attached hydrogens (tertiary/aromatic N) is 3. The predicted octanol–water partition coefficient (Wildman–Crippen LogP) is 1.92. The van der Waals surface area contributed by atoms with Crippen molar-refractivity contribution in [1.29, 1.82) is 0 Å². The Kier molecular flexibility index (Phi) is 3.27. The number of nitrogens with one attached hydrogen (secondary N) is 1. The van der Waals surface area contributed by atoms with Gasteiger partial charge in [-0.1, -0.05) is 6.07 Å². The molecule has 1 aromatic heterocycles. The van der Waals surface area contributed by atoms with Gasteiger partial charge in [-0.3, -0.25) is 10.1 Å². The van der Waals surface area contributed by atoms with E-state index in [1.54, 1.807) is 12.1 Å². The van der Waals surface area contributed by atoms with E-state index in [0.29, 0.717) is 23.2 Å². The number of likely N-dealkylation sites (N-methyl/N-ethyl adjacent to an activating group) is 1. The fraction of sp³-hybridized carbons (Fsp3) is 0.462. The molecular formula is C13H16N4O3. The highest BCUT2D eigenvalue weighted by Gasteiger charge is 2.24. The number of piperidine rings is 1. The molecule has 0 saturated carbocycles. The quantitative estimate of drug-likeness (QED) is 0.681. The number of oxazole rings is 1. The van der Waals surface area contributed by atoms with Crippen LogP contribution in [0.15, 0.2) is 22.6 Å². The van der Waals surface area contributed by atoms with E-state index in [0.717, 1.165) is 25.9 Å². The summed E-state index contributed by atoms with van der Waals surface area (Å²) in [5, 5.41) is 14.3. The third-order valence-electron chi connectivity index (χ3n) is 3.70. The van der Waals surface area contributed by atoms with Crippen LogP contribution in [0.25, 0.3) is 11.1 Å². The lowest BCUT2D eigenvalue weighted by molar-refractivity contribution is -0.383. The van der Waals surface area contributed by atoms with Crippen molar-refractivity contribution < 1.29 is 9.34 Å². The molecule has 106 valence electrons. The van der Waals surface area contributed by atoms with E-state index >= 15 is 0 Å². The molecule has 1 saturated heterocycles. The number of aromatic nitrogens is 1. The molecule has 7 nitrogen and oxygen atoms in total. The first-order valence-electron chi connectivity index (χ1n) is 6.64. The van der Waals surface area contributed by atoms with Crippen molar-refractivity contribution in [1.82, 2.24) is 10.3 Å². The second-order valence-electron chi connectivity index (χ2n) is 4.99. The topological polar surface area (TPSA) is 84.4 Å². The van der Waals surface area contributed by atoms with Crippen molar-refractivity contribution in [2.24, 2.45) is 0 Å². The summed E-state index contributed by atoms with van der Waals surface area (Å²) >= 11 is 0. The second kappa shape index (κ2) is 5.09. The van der Waals surface area contributed by atoms with Crippen LogP contribution < -0.4 is 10.2 Å². The van der Waals surface area contributed by atoms with E-state index in [4.69, 9.17) is 4.42 Å². The first-order valence-corrected chi connectivity index (χ1v) is 6.64. The minimum atomic E-state index is -0.434. The number of rotatable bonds is 3. The minimum absolute atomic E-state index is 0.0207. The van der Waals surface area contributed by atoms with Crippen molar-refractivity contribution in [2.45, 2.75) is 18.9 Å². The molecule has 1 fully saturated rings. The Balaban J connectivity index is 1.96. The third kappa shape index (κ3) is 2.20. The fourth-order valence-electron chi connectivity index (χ4n) is 2.54. The zero-order valence-electron chi connectivity index (χ0n) is 11.2. The molecule has 7 heteroatoms. The molecule has 1 aliphatic rings. The van der Waals surface area contributed by atoms with Crippen molar-refractivity contribution in [3.8, 4) is 0 Å². The highest BCUT2D eigenvalue weighted by molar-refractivity contribution is 5.84. The third-order valence-corrected chi connectivity index (χ3v) is 3.70. The van der Waals surface area contributed by atoms with E-state index in [1.165, 1.54) is 6.07 Å². The molecule has 1 aliphatic heterocycles. The average molecular weight is 276 g/mol. The van der Waals surface area contributed by atoms with Gasteiger partial charge in [0.25, 0.3) is 11.7 Å². The van der Waals surface area contributed by atoms with Gasteiger partial charge >= 0.3 is 0 Å².